The number of anilines is 3. The quantitative estimate of drug-likeness (QED) is 0.197. The van der Waals surface area contributed by atoms with E-state index in [0.717, 1.165) is 70.7 Å². The molecular weight excluding hydrogens is 693 g/mol. The Morgan fingerprint density at radius 1 is 0.964 bits per heavy atom. The van der Waals surface area contributed by atoms with Gasteiger partial charge in [0, 0.05) is 60.8 Å². The van der Waals surface area contributed by atoms with E-state index in [1.165, 1.54) is 33.1 Å². The number of nitrogens with one attached hydrogen (secondary N) is 2. The summed E-state index contributed by atoms with van der Waals surface area (Å²) in [6.45, 7) is 12.3. The number of carbonyl (C=O) groups excluding carboxylic acids is 3. The van der Waals surface area contributed by atoms with E-state index in [4.69, 9.17) is 9.97 Å². The van der Waals surface area contributed by atoms with E-state index in [-0.39, 0.29) is 29.8 Å². The maximum Gasteiger partial charge on any atom is 0.253 e. The van der Waals surface area contributed by atoms with Gasteiger partial charge in [-0.1, -0.05) is 24.6 Å². The highest BCUT2D eigenvalue weighted by Gasteiger charge is 2.56. The summed E-state index contributed by atoms with van der Waals surface area (Å²) in [5.74, 6) is 0.302. The average molecular weight is 747 g/mol. The highest BCUT2D eigenvalue weighted by Crippen LogP contribution is 2.52. The van der Waals surface area contributed by atoms with Crippen LogP contribution < -0.4 is 15.5 Å². The first-order valence-corrected chi connectivity index (χ1v) is 20.0. The standard InChI is InChI=1S/C43H54N8O4/c1-26(2)50-25-45-35-24-34(47-38(37(35)50)46-29-12-10-27(3)32(21-29)39(52)44-6)28-11-13-33-36(20-28)51(31-22-30(23-31)48-16-8-7-9-17-48)41(54)43(33)14-18-49(19-15-43)40(53)42(4,5)55/h10-13,20-21,24-26,30-31,55H,7-9,14-19,22-23H2,1-6H3,(H,44,52)(H,46,47)/t30-,31+. The van der Waals surface area contributed by atoms with E-state index in [9.17, 15) is 19.5 Å². The van der Waals surface area contributed by atoms with Crippen molar-refractivity contribution in [2.75, 3.05) is 43.4 Å². The fraction of sp³-hybridized carbons (Fsp3) is 0.512. The molecule has 55 heavy (non-hydrogen) atoms. The molecule has 3 N–H and O–H groups in total. The summed E-state index contributed by atoms with van der Waals surface area (Å²) in [5, 5.41) is 16.7. The summed E-state index contributed by atoms with van der Waals surface area (Å²) in [6, 6.07) is 14.8. The molecule has 2 saturated heterocycles. The topological polar surface area (TPSA) is 136 Å². The van der Waals surface area contributed by atoms with Crippen molar-refractivity contribution in [2.24, 2.45) is 0 Å². The number of imidazole rings is 1. The van der Waals surface area contributed by atoms with Gasteiger partial charge in [-0.15, -0.1) is 0 Å². The van der Waals surface area contributed by atoms with Crippen molar-refractivity contribution in [2.45, 2.75) is 109 Å². The van der Waals surface area contributed by atoms with Crippen molar-refractivity contribution in [1.29, 1.82) is 0 Å². The van der Waals surface area contributed by atoms with Crippen molar-refractivity contribution in [1.82, 2.24) is 29.7 Å². The van der Waals surface area contributed by atoms with Crippen molar-refractivity contribution >= 4 is 45.9 Å². The Kier molecular flexibility index (Phi) is 9.48. The second-order valence-electron chi connectivity index (χ2n) is 16.9. The number of aryl methyl sites for hydroxylation is 1. The molecule has 4 aromatic rings. The number of hydrogen-bond donors (Lipinski definition) is 3. The summed E-state index contributed by atoms with van der Waals surface area (Å²) in [7, 11) is 1.63. The molecule has 4 aliphatic rings. The summed E-state index contributed by atoms with van der Waals surface area (Å²) >= 11 is 0. The minimum absolute atomic E-state index is 0.106. The SMILES string of the molecule is CNC(=O)c1cc(Nc2nc(-c3ccc4c(c3)N([C@H]3C[C@@H](N5CCCCC5)C3)C(=O)C43CCN(C(=O)C(C)(C)O)CC3)cc3ncn(C(C)C)c23)ccc1C. The monoisotopic (exact) mass is 746 g/mol. The smallest absolute Gasteiger partial charge is 0.253 e. The summed E-state index contributed by atoms with van der Waals surface area (Å²) in [6.07, 6.45) is 8.54. The van der Waals surface area contributed by atoms with Gasteiger partial charge in [-0.2, -0.15) is 0 Å². The van der Waals surface area contributed by atoms with Gasteiger partial charge in [0.1, 0.15) is 11.1 Å². The van der Waals surface area contributed by atoms with Crippen LogP contribution in [0, 0.1) is 6.92 Å². The zero-order valence-electron chi connectivity index (χ0n) is 33.0. The Labute approximate surface area is 323 Å². The number of rotatable bonds is 8. The van der Waals surface area contributed by atoms with Crippen LogP contribution in [0.4, 0.5) is 17.2 Å². The van der Waals surface area contributed by atoms with Crippen LogP contribution in [0.2, 0.25) is 0 Å². The van der Waals surface area contributed by atoms with Gasteiger partial charge in [0.05, 0.1) is 23.0 Å². The van der Waals surface area contributed by atoms with E-state index in [0.29, 0.717) is 43.4 Å². The third-order valence-electron chi connectivity index (χ3n) is 12.6. The number of nitrogens with zero attached hydrogens (tertiary/aromatic N) is 6. The van der Waals surface area contributed by atoms with Crippen LogP contribution in [0.1, 0.15) is 100 Å². The van der Waals surface area contributed by atoms with Crippen LogP contribution in [0.5, 0.6) is 0 Å². The number of fused-ring (bicyclic) bond motifs is 3. The third kappa shape index (κ3) is 6.46. The molecule has 1 saturated carbocycles. The molecule has 1 aliphatic carbocycles. The summed E-state index contributed by atoms with van der Waals surface area (Å²) < 4.78 is 2.10. The molecule has 2 aromatic carbocycles. The van der Waals surface area contributed by atoms with Crippen LogP contribution >= 0.6 is 0 Å². The molecule has 12 heteroatoms. The lowest BCUT2D eigenvalue weighted by Gasteiger charge is -2.48. The van der Waals surface area contributed by atoms with Gasteiger partial charge in [0.25, 0.3) is 11.8 Å². The zero-order chi connectivity index (χ0) is 38.8. The van der Waals surface area contributed by atoms with Gasteiger partial charge in [0.15, 0.2) is 5.82 Å². The molecule has 5 heterocycles. The molecule has 3 fully saturated rings. The second kappa shape index (κ2) is 14.0. The molecule has 8 rings (SSSR count). The van der Waals surface area contributed by atoms with Crippen LogP contribution in [-0.4, -0.2) is 98.1 Å². The Morgan fingerprint density at radius 3 is 2.36 bits per heavy atom. The van der Waals surface area contributed by atoms with Crippen molar-refractivity contribution in [3.63, 3.8) is 0 Å². The summed E-state index contributed by atoms with van der Waals surface area (Å²) in [4.78, 5) is 57.1. The fourth-order valence-electron chi connectivity index (χ4n) is 9.33. The number of carbonyl (C=O) groups is 3. The van der Waals surface area contributed by atoms with Crippen LogP contribution in [-0.2, 0) is 15.0 Å². The largest absolute Gasteiger partial charge is 0.381 e. The first-order chi connectivity index (χ1) is 26.3. The predicted octanol–water partition coefficient (Wildman–Crippen LogP) is 6.09. The Balaban J connectivity index is 1.18. The van der Waals surface area contributed by atoms with E-state index < -0.39 is 11.0 Å². The maximum atomic E-state index is 14.9. The van der Waals surface area contributed by atoms with Gasteiger partial charge < -0.3 is 35.0 Å². The molecular formula is C43H54N8O4. The van der Waals surface area contributed by atoms with Crippen LogP contribution in [0.3, 0.4) is 0 Å². The number of piperidine rings is 2. The zero-order valence-corrected chi connectivity index (χ0v) is 33.0. The number of amides is 3. The van der Waals surface area contributed by atoms with Gasteiger partial charge in [0.2, 0.25) is 5.91 Å². The Hall–Kier alpha value is -4.81. The minimum Gasteiger partial charge on any atom is -0.381 e. The first kappa shape index (κ1) is 37.1. The number of hydrogen-bond acceptors (Lipinski definition) is 8. The highest BCUT2D eigenvalue weighted by molar-refractivity contribution is 6.09. The Bertz CT molecular complexity index is 2150. The van der Waals surface area contributed by atoms with Gasteiger partial charge in [-0.25, -0.2) is 9.97 Å². The molecule has 0 unspecified atom stereocenters. The normalized spacial score (nSPS) is 21.3. The lowest BCUT2D eigenvalue weighted by Crippen LogP contribution is -2.59. The Morgan fingerprint density at radius 2 is 1.69 bits per heavy atom. The fourth-order valence-corrected chi connectivity index (χ4v) is 9.33. The predicted molar refractivity (Wildman–Crippen MR) is 215 cm³/mol. The molecule has 3 amide bonds. The number of likely N-dealkylation sites (tertiary alicyclic amines) is 2. The highest BCUT2D eigenvalue weighted by atomic mass is 16.3. The van der Waals surface area contributed by atoms with E-state index >= 15 is 0 Å². The average Bonchev–Trinajstić information content (AvgIpc) is 3.69. The number of benzene rings is 2. The van der Waals surface area contributed by atoms with Gasteiger partial charge in [-0.3, -0.25) is 14.4 Å². The van der Waals surface area contributed by atoms with Crippen LogP contribution in [0.25, 0.3) is 22.3 Å². The number of aromatic nitrogens is 3. The molecule has 3 aliphatic heterocycles. The molecule has 1 spiro atoms. The molecule has 12 nitrogen and oxygen atoms in total. The third-order valence-corrected chi connectivity index (χ3v) is 12.6. The summed E-state index contributed by atoms with van der Waals surface area (Å²) in [5.41, 5.74) is 5.23. The van der Waals surface area contributed by atoms with Gasteiger partial charge >= 0.3 is 0 Å². The number of pyridine rings is 1. The van der Waals surface area contributed by atoms with Crippen molar-refractivity contribution in [3.05, 3.63) is 65.5 Å². The molecule has 290 valence electrons. The number of aliphatic hydroxyl groups is 1. The van der Waals surface area contributed by atoms with E-state index in [1.807, 2.05) is 37.5 Å². The second-order valence-corrected chi connectivity index (χ2v) is 16.9. The molecule has 0 radical (unpaired) electrons. The molecule has 0 bridgehead atoms. The maximum absolute atomic E-state index is 14.9. The molecule has 0 atom stereocenters. The minimum atomic E-state index is -1.46. The lowest BCUT2D eigenvalue weighted by molar-refractivity contribution is -0.150. The van der Waals surface area contributed by atoms with E-state index in [2.05, 4.69) is 57.0 Å². The first-order valence-electron chi connectivity index (χ1n) is 20.0. The van der Waals surface area contributed by atoms with E-state index in [1.54, 1.807) is 11.9 Å². The van der Waals surface area contributed by atoms with Crippen molar-refractivity contribution in [3.8, 4) is 11.3 Å². The molecule has 2 aromatic heterocycles. The van der Waals surface area contributed by atoms with Crippen molar-refractivity contribution < 1.29 is 19.5 Å². The van der Waals surface area contributed by atoms with Gasteiger partial charge in [-0.05, 0) is 122 Å². The lowest BCUT2D eigenvalue weighted by atomic mass is 9.73. The van der Waals surface area contributed by atoms with Crippen LogP contribution in [0.15, 0.2) is 48.8 Å².